The number of methoxy groups -OCH3 is 3. The van der Waals surface area contributed by atoms with E-state index in [2.05, 4.69) is 0 Å². The van der Waals surface area contributed by atoms with Gasteiger partial charge in [0.05, 0.1) is 26.9 Å². The minimum absolute atomic E-state index is 0.0126. The molecule has 0 aliphatic heterocycles. The van der Waals surface area contributed by atoms with Gasteiger partial charge in [-0.05, 0) is 12.5 Å². The van der Waals surface area contributed by atoms with E-state index >= 15 is 0 Å². The lowest BCUT2D eigenvalue weighted by Crippen LogP contribution is -2.04. The van der Waals surface area contributed by atoms with Crippen molar-refractivity contribution in [2.45, 2.75) is 12.8 Å². The average molecular weight is 254 g/mol. The minimum atomic E-state index is -0.0955. The quantitative estimate of drug-likeness (QED) is 0.750. The van der Waals surface area contributed by atoms with Crippen molar-refractivity contribution >= 4 is 5.78 Å². The zero-order valence-corrected chi connectivity index (χ0v) is 10.9. The van der Waals surface area contributed by atoms with Gasteiger partial charge in [0.2, 0.25) is 0 Å². The van der Waals surface area contributed by atoms with Crippen molar-refractivity contribution in [2.24, 2.45) is 0 Å². The molecule has 0 spiro atoms. The average Bonchev–Trinajstić information content (AvgIpc) is 2.42. The summed E-state index contributed by atoms with van der Waals surface area (Å²) in [4.78, 5) is 12.0. The maximum atomic E-state index is 12.0. The molecule has 5 nitrogen and oxygen atoms in total. The minimum Gasteiger partial charge on any atom is -0.496 e. The molecule has 0 heterocycles. The Labute approximate surface area is 106 Å². The molecule has 0 fully saturated rings. The fraction of sp³-hybridized carbons (Fsp3) is 0.462. The van der Waals surface area contributed by atoms with Crippen LogP contribution in [0.3, 0.4) is 0 Å². The third-order valence-corrected chi connectivity index (χ3v) is 2.57. The van der Waals surface area contributed by atoms with Crippen molar-refractivity contribution in [3.8, 4) is 17.2 Å². The van der Waals surface area contributed by atoms with Crippen LogP contribution in [-0.4, -0.2) is 38.8 Å². The lowest BCUT2D eigenvalue weighted by molar-refractivity contribution is 0.0968. The van der Waals surface area contributed by atoms with Gasteiger partial charge in [-0.2, -0.15) is 0 Å². The van der Waals surface area contributed by atoms with Crippen molar-refractivity contribution in [3.05, 3.63) is 17.7 Å². The van der Waals surface area contributed by atoms with E-state index in [1.165, 1.54) is 21.3 Å². The van der Waals surface area contributed by atoms with E-state index < -0.39 is 0 Å². The first-order chi connectivity index (χ1) is 8.67. The molecule has 0 saturated heterocycles. The molecule has 0 unspecified atom stereocenters. The van der Waals surface area contributed by atoms with E-state index in [4.69, 9.17) is 19.3 Å². The second-order valence-electron chi connectivity index (χ2n) is 3.66. The van der Waals surface area contributed by atoms with Crippen LogP contribution >= 0.6 is 0 Å². The fourth-order valence-corrected chi connectivity index (χ4v) is 1.62. The number of aliphatic hydroxyl groups excluding tert-OH is 1. The molecule has 1 aromatic rings. The molecule has 100 valence electrons. The lowest BCUT2D eigenvalue weighted by atomic mass is 10.0. The van der Waals surface area contributed by atoms with Gasteiger partial charge in [-0.25, -0.2) is 0 Å². The molecule has 0 aromatic heterocycles. The Morgan fingerprint density at radius 3 is 2.11 bits per heavy atom. The number of rotatable bonds is 7. The van der Waals surface area contributed by atoms with Gasteiger partial charge >= 0.3 is 0 Å². The number of ketones is 1. The maximum Gasteiger partial charge on any atom is 0.166 e. The van der Waals surface area contributed by atoms with Gasteiger partial charge < -0.3 is 19.3 Å². The third-order valence-electron chi connectivity index (χ3n) is 2.57. The molecule has 1 aromatic carbocycles. The van der Waals surface area contributed by atoms with E-state index in [-0.39, 0.29) is 18.8 Å². The predicted molar refractivity (Wildman–Crippen MR) is 66.7 cm³/mol. The largest absolute Gasteiger partial charge is 0.496 e. The molecule has 0 atom stereocenters. The van der Waals surface area contributed by atoms with E-state index in [9.17, 15) is 4.79 Å². The van der Waals surface area contributed by atoms with Crippen LogP contribution in [0, 0.1) is 0 Å². The standard InChI is InChI=1S/C13H18O5/c1-16-11-8-13(18-3)12(17-2)7-9(11)10(15)5-4-6-14/h7-8,14H,4-6H2,1-3H3. The number of Topliss-reactive ketones (excluding diaryl/α,β-unsaturated/α-hetero) is 1. The number of benzene rings is 1. The molecule has 0 saturated carbocycles. The number of aliphatic hydroxyl groups is 1. The molecule has 1 rings (SSSR count). The van der Waals surface area contributed by atoms with E-state index in [1.54, 1.807) is 12.1 Å². The van der Waals surface area contributed by atoms with Crippen LogP contribution in [0.25, 0.3) is 0 Å². The number of hydrogen-bond donors (Lipinski definition) is 1. The van der Waals surface area contributed by atoms with Gasteiger partial charge in [-0.15, -0.1) is 0 Å². The Morgan fingerprint density at radius 2 is 1.61 bits per heavy atom. The zero-order chi connectivity index (χ0) is 13.5. The highest BCUT2D eigenvalue weighted by atomic mass is 16.5. The second kappa shape index (κ2) is 6.86. The smallest absolute Gasteiger partial charge is 0.166 e. The van der Waals surface area contributed by atoms with Crippen LogP contribution in [0.2, 0.25) is 0 Å². The molecule has 5 heteroatoms. The summed E-state index contributed by atoms with van der Waals surface area (Å²) in [7, 11) is 4.51. The van der Waals surface area contributed by atoms with Crippen LogP contribution in [0.15, 0.2) is 12.1 Å². The third kappa shape index (κ3) is 3.13. The van der Waals surface area contributed by atoms with Crippen molar-refractivity contribution in [2.75, 3.05) is 27.9 Å². The van der Waals surface area contributed by atoms with Crippen LogP contribution in [0.5, 0.6) is 17.2 Å². The topological polar surface area (TPSA) is 65.0 Å². The highest BCUT2D eigenvalue weighted by molar-refractivity contribution is 5.99. The van der Waals surface area contributed by atoms with Crippen molar-refractivity contribution in [1.29, 1.82) is 0 Å². The second-order valence-corrected chi connectivity index (χ2v) is 3.66. The Kier molecular flexibility index (Phi) is 5.45. The molecular weight excluding hydrogens is 236 g/mol. The Balaban J connectivity index is 3.12. The normalized spacial score (nSPS) is 10.0. The molecule has 18 heavy (non-hydrogen) atoms. The summed E-state index contributed by atoms with van der Waals surface area (Å²) in [5, 5.41) is 8.74. The van der Waals surface area contributed by atoms with E-state index in [0.29, 0.717) is 29.2 Å². The first-order valence-corrected chi connectivity index (χ1v) is 5.62. The van der Waals surface area contributed by atoms with Gasteiger partial charge in [-0.3, -0.25) is 4.79 Å². The molecule has 1 N–H and O–H groups in total. The highest BCUT2D eigenvalue weighted by Crippen LogP contribution is 2.35. The molecule has 0 aliphatic rings. The first kappa shape index (κ1) is 14.3. The van der Waals surface area contributed by atoms with Gasteiger partial charge in [-0.1, -0.05) is 0 Å². The number of ether oxygens (including phenoxy) is 3. The Hall–Kier alpha value is -1.75. The van der Waals surface area contributed by atoms with Crippen LogP contribution in [0.1, 0.15) is 23.2 Å². The summed E-state index contributed by atoms with van der Waals surface area (Å²) in [5.41, 5.74) is 0.434. The monoisotopic (exact) mass is 254 g/mol. The zero-order valence-electron chi connectivity index (χ0n) is 10.9. The summed E-state index contributed by atoms with van der Waals surface area (Å²) in [6, 6.07) is 3.21. The molecule has 0 bridgehead atoms. The van der Waals surface area contributed by atoms with E-state index in [0.717, 1.165) is 0 Å². The summed E-state index contributed by atoms with van der Waals surface area (Å²) < 4.78 is 15.5. The van der Waals surface area contributed by atoms with Crippen LogP contribution < -0.4 is 14.2 Å². The number of hydrogen-bond acceptors (Lipinski definition) is 5. The maximum absolute atomic E-state index is 12.0. The molecule has 0 radical (unpaired) electrons. The van der Waals surface area contributed by atoms with Gasteiger partial charge in [0.15, 0.2) is 17.3 Å². The van der Waals surface area contributed by atoms with Crippen LogP contribution in [-0.2, 0) is 0 Å². The van der Waals surface area contributed by atoms with Crippen LogP contribution in [0.4, 0.5) is 0 Å². The summed E-state index contributed by atoms with van der Waals surface area (Å²) in [6.45, 7) is -0.0126. The van der Waals surface area contributed by atoms with Gasteiger partial charge in [0.25, 0.3) is 0 Å². The SMILES string of the molecule is COc1cc(OC)c(C(=O)CCCO)cc1OC. The van der Waals surface area contributed by atoms with E-state index in [1.807, 2.05) is 0 Å². The Bertz CT molecular complexity index is 414. The van der Waals surface area contributed by atoms with Crippen molar-refractivity contribution in [1.82, 2.24) is 0 Å². The number of carbonyl (C=O) groups is 1. The fourth-order valence-electron chi connectivity index (χ4n) is 1.62. The molecule has 0 aliphatic carbocycles. The number of carbonyl (C=O) groups excluding carboxylic acids is 1. The summed E-state index contributed by atoms with van der Waals surface area (Å²) >= 11 is 0. The summed E-state index contributed by atoms with van der Waals surface area (Å²) in [5.74, 6) is 1.33. The molecule has 0 amide bonds. The van der Waals surface area contributed by atoms with Crippen molar-refractivity contribution in [3.63, 3.8) is 0 Å². The summed E-state index contributed by atoms with van der Waals surface area (Å²) in [6.07, 6.45) is 0.693. The van der Waals surface area contributed by atoms with Gasteiger partial charge in [0, 0.05) is 19.1 Å². The Morgan fingerprint density at radius 1 is 1.06 bits per heavy atom. The lowest BCUT2D eigenvalue weighted by Gasteiger charge is -2.13. The first-order valence-electron chi connectivity index (χ1n) is 5.62. The predicted octanol–water partition coefficient (Wildman–Crippen LogP) is 1.67. The highest BCUT2D eigenvalue weighted by Gasteiger charge is 2.17. The van der Waals surface area contributed by atoms with Crippen molar-refractivity contribution < 1.29 is 24.1 Å². The molecular formula is C13H18O5. The van der Waals surface area contributed by atoms with Gasteiger partial charge in [0.1, 0.15) is 5.75 Å².